The van der Waals surface area contributed by atoms with Crippen molar-refractivity contribution in [1.29, 1.82) is 0 Å². The topological polar surface area (TPSA) is 104 Å². The summed E-state index contributed by atoms with van der Waals surface area (Å²) in [6.07, 6.45) is -4.55. The number of methoxy groups -OCH3 is 1. The highest BCUT2D eigenvalue weighted by Crippen LogP contribution is 2.34. The highest BCUT2D eigenvalue weighted by molar-refractivity contribution is 7.99. The largest absolute Gasteiger partial charge is 0.497 e. The van der Waals surface area contributed by atoms with Gasteiger partial charge in [-0.1, -0.05) is 35.5 Å². The van der Waals surface area contributed by atoms with Crippen LogP contribution in [0.3, 0.4) is 0 Å². The lowest BCUT2D eigenvalue weighted by Gasteiger charge is -2.11. The van der Waals surface area contributed by atoms with Crippen LogP contribution in [0.25, 0.3) is 0 Å². The Morgan fingerprint density at radius 3 is 2.79 bits per heavy atom. The molecule has 1 amide bonds. The normalized spacial score (nSPS) is 11.9. The summed E-state index contributed by atoms with van der Waals surface area (Å²) in [5, 5.41) is 13.4. The van der Waals surface area contributed by atoms with Crippen molar-refractivity contribution in [2.24, 2.45) is 5.10 Å². The first-order valence-electron chi connectivity index (χ1n) is 9.32. The van der Waals surface area contributed by atoms with Crippen LogP contribution in [0.15, 0.2) is 52.7 Å². The van der Waals surface area contributed by atoms with E-state index in [1.807, 2.05) is 24.3 Å². The lowest BCUT2D eigenvalue weighted by Crippen LogP contribution is -2.15. The quantitative estimate of drug-likeness (QED) is 0.228. The number of halogens is 4. The third kappa shape index (κ3) is 6.86. The third-order valence-corrected chi connectivity index (χ3v) is 5.36. The Labute approximate surface area is 196 Å². The minimum atomic E-state index is -4.55. The second-order valence-corrected chi connectivity index (χ2v) is 7.89. The van der Waals surface area contributed by atoms with Crippen LogP contribution in [0, 0.1) is 0 Å². The summed E-state index contributed by atoms with van der Waals surface area (Å²) in [4.78, 5) is 16.3. The van der Waals surface area contributed by atoms with Gasteiger partial charge in [0, 0.05) is 5.56 Å². The van der Waals surface area contributed by atoms with E-state index in [0.717, 1.165) is 35.5 Å². The van der Waals surface area contributed by atoms with E-state index in [0.29, 0.717) is 11.5 Å². The molecule has 0 atom stereocenters. The van der Waals surface area contributed by atoms with Gasteiger partial charge >= 0.3 is 6.18 Å². The van der Waals surface area contributed by atoms with Gasteiger partial charge in [-0.2, -0.15) is 23.3 Å². The highest BCUT2D eigenvalue weighted by atomic mass is 35.5. The molecule has 0 bridgehead atoms. The second kappa shape index (κ2) is 10.6. The molecule has 0 fully saturated rings. The van der Waals surface area contributed by atoms with Gasteiger partial charge in [0.1, 0.15) is 5.75 Å². The van der Waals surface area contributed by atoms with E-state index in [2.05, 4.69) is 31.0 Å². The summed E-state index contributed by atoms with van der Waals surface area (Å²) >= 11 is 6.87. The number of amides is 1. The van der Waals surface area contributed by atoms with Crippen molar-refractivity contribution >= 4 is 46.6 Å². The van der Waals surface area contributed by atoms with Crippen molar-refractivity contribution in [2.75, 3.05) is 23.6 Å². The van der Waals surface area contributed by atoms with Crippen LogP contribution in [0.1, 0.15) is 18.1 Å². The summed E-state index contributed by atoms with van der Waals surface area (Å²) in [5.74, 6) is 0.245. The average molecular weight is 499 g/mol. The number of hydrogen-bond acceptors (Lipinski definition) is 7. The zero-order chi connectivity index (χ0) is 24.0. The molecule has 3 rings (SSSR count). The lowest BCUT2D eigenvalue weighted by atomic mass is 10.1. The first-order chi connectivity index (χ1) is 15.7. The van der Waals surface area contributed by atoms with E-state index in [1.165, 1.54) is 0 Å². The lowest BCUT2D eigenvalue weighted by molar-refractivity contribution is -0.137. The molecular formula is C20H18ClF3N6O2S. The molecule has 0 aliphatic heterocycles. The number of H-pyrrole nitrogens is 1. The molecule has 2 aromatic carbocycles. The molecule has 13 heteroatoms. The second-order valence-electron chi connectivity index (χ2n) is 6.54. The van der Waals surface area contributed by atoms with Crippen LogP contribution in [0.4, 0.5) is 24.8 Å². The van der Waals surface area contributed by atoms with E-state index < -0.39 is 17.6 Å². The number of aromatic amines is 1. The standard InChI is InChI=1S/C20H18ClF3N6O2S/c1-11(12-4-3-5-14(8-12)32-2)27-28-18-26-19(30-29-18)33-10-17(31)25-16-9-13(20(22,23)24)6-7-15(16)21/h3-9H,10H2,1-2H3,(H,25,31)(H2,26,28,29,30)/b27-11-. The molecule has 0 radical (unpaired) electrons. The molecule has 1 aromatic heterocycles. The molecule has 0 saturated heterocycles. The van der Waals surface area contributed by atoms with Gasteiger partial charge in [-0.05, 0) is 37.3 Å². The average Bonchev–Trinajstić information content (AvgIpc) is 3.24. The van der Waals surface area contributed by atoms with Crippen molar-refractivity contribution < 1.29 is 22.7 Å². The molecule has 1 heterocycles. The Bertz CT molecular complexity index is 1170. The van der Waals surface area contributed by atoms with E-state index in [1.54, 1.807) is 14.0 Å². The smallest absolute Gasteiger partial charge is 0.416 e. The Kier molecular flexibility index (Phi) is 7.82. The molecule has 8 nitrogen and oxygen atoms in total. The number of nitrogens with one attached hydrogen (secondary N) is 3. The summed E-state index contributed by atoms with van der Waals surface area (Å²) in [6.45, 7) is 1.80. The van der Waals surface area contributed by atoms with Crippen LogP contribution in [0.2, 0.25) is 5.02 Å². The van der Waals surface area contributed by atoms with Crippen LogP contribution in [-0.4, -0.2) is 39.7 Å². The molecule has 0 saturated carbocycles. The number of ether oxygens (including phenoxy) is 1. The first kappa shape index (κ1) is 24.4. The third-order valence-electron chi connectivity index (χ3n) is 4.18. The van der Waals surface area contributed by atoms with Crippen molar-refractivity contribution in [3.8, 4) is 5.75 Å². The number of alkyl halides is 3. The number of benzene rings is 2. The van der Waals surface area contributed by atoms with E-state index >= 15 is 0 Å². The number of anilines is 2. The first-order valence-corrected chi connectivity index (χ1v) is 10.7. The highest BCUT2D eigenvalue weighted by Gasteiger charge is 2.31. The molecule has 3 aromatic rings. The van der Waals surface area contributed by atoms with Gasteiger partial charge in [-0.25, -0.2) is 10.5 Å². The number of carbonyl (C=O) groups excluding carboxylic acids is 1. The van der Waals surface area contributed by atoms with Crippen LogP contribution < -0.4 is 15.5 Å². The number of aromatic nitrogens is 3. The zero-order valence-corrected chi connectivity index (χ0v) is 18.9. The fraction of sp³-hybridized carbons (Fsp3) is 0.200. The fourth-order valence-corrected chi connectivity index (χ4v) is 3.29. The number of nitrogens with zero attached hydrogens (tertiary/aromatic N) is 3. The Morgan fingerprint density at radius 1 is 1.27 bits per heavy atom. The van der Waals surface area contributed by atoms with Gasteiger partial charge in [0.05, 0.1) is 34.8 Å². The summed E-state index contributed by atoms with van der Waals surface area (Å²) in [5.41, 5.74) is 3.22. The Hall–Kier alpha value is -3.25. The van der Waals surface area contributed by atoms with Crippen molar-refractivity contribution in [3.05, 3.63) is 58.6 Å². The number of hydrogen-bond donors (Lipinski definition) is 3. The maximum Gasteiger partial charge on any atom is 0.416 e. The zero-order valence-electron chi connectivity index (χ0n) is 17.3. The van der Waals surface area contributed by atoms with E-state index in [9.17, 15) is 18.0 Å². The summed E-state index contributed by atoms with van der Waals surface area (Å²) < 4.78 is 43.7. The summed E-state index contributed by atoms with van der Waals surface area (Å²) in [7, 11) is 1.58. The van der Waals surface area contributed by atoms with Gasteiger partial charge in [-0.15, -0.1) is 5.10 Å². The van der Waals surface area contributed by atoms with Crippen molar-refractivity contribution in [1.82, 2.24) is 15.2 Å². The number of carbonyl (C=O) groups is 1. The van der Waals surface area contributed by atoms with Crippen LogP contribution in [-0.2, 0) is 11.0 Å². The SMILES string of the molecule is COc1cccc(/C(C)=N\Nc2nc(SCC(=O)Nc3cc(C(F)(F)F)ccc3Cl)n[nH]2)c1. The number of hydrazone groups is 1. The van der Waals surface area contributed by atoms with Crippen LogP contribution >= 0.6 is 23.4 Å². The molecule has 0 aliphatic rings. The molecule has 3 N–H and O–H groups in total. The number of rotatable bonds is 8. The van der Waals surface area contributed by atoms with Gasteiger partial charge in [0.15, 0.2) is 0 Å². The Morgan fingerprint density at radius 2 is 2.06 bits per heavy atom. The number of thioether (sulfide) groups is 1. The summed E-state index contributed by atoms with van der Waals surface area (Å²) in [6, 6.07) is 10.1. The molecule has 33 heavy (non-hydrogen) atoms. The van der Waals surface area contributed by atoms with Crippen molar-refractivity contribution in [2.45, 2.75) is 18.3 Å². The maximum atomic E-state index is 12.9. The molecule has 0 spiro atoms. The van der Waals surface area contributed by atoms with Crippen LogP contribution in [0.5, 0.6) is 5.75 Å². The maximum absolute atomic E-state index is 12.9. The predicted octanol–water partition coefficient (Wildman–Crippen LogP) is 5.05. The molecule has 174 valence electrons. The van der Waals surface area contributed by atoms with E-state index in [4.69, 9.17) is 16.3 Å². The minimum absolute atomic E-state index is 0.00463. The minimum Gasteiger partial charge on any atom is -0.497 e. The van der Waals surface area contributed by atoms with Gasteiger partial charge < -0.3 is 10.1 Å². The van der Waals surface area contributed by atoms with Crippen molar-refractivity contribution in [3.63, 3.8) is 0 Å². The van der Waals surface area contributed by atoms with E-state index in [-0.39, 0.29) is 27.6 Å². The molecule has 0 aliphatic carbocycles. The molecule has 0 unspecified atom stereocenters. The predicted molar refractivity (Wildman–Crippen MR) is 121 cm³/mol. The Balaban J connectivity index is 1.55. The molecular weight excluding hydrogens is 481 g/mol. The fourth-order valence-electron chi connectivity index (χ4n) is 2.52. The monoisotopic (exact) mass is 498 g/mol. The van der Waals surface area contributed by atoms with Gasteiger partial charge in [-0.3, -0.25) is 4.79 Å². The van der Waals surface area contributed by atoms with Gasteiger partial charge in [0.25, 0.3) is 0 Å². The van der Waals surface area contributed by atoms with Gasteiger partial charge in [0.2, 0.25) is 17.0 Å².